The smallest absolute Gasteiger partial charge is 0.196 e. The SMILES string of the molecule is CC(=O)[C@]1(O)[C@H](O)[C@@H](CO)O[C@H]1n1cnc2c(N)ncnc21. The van der Waals surface area contributed by atoms with Gasteiger partial charge < -0.3 is 25.8 Å². The number of nitrogen functional groups attached to an aromatic ring is 1. The molecule has 2 aromatic rings. The lowest BCUT2D eigenvalue weighted by Gasteiger charge is -2.28. The van der Waals surface area contributed by atoms with E-state index in [0.29, 0.717) is 0 Å². The minimum absolute atomic E-state index is 0.132. The number of ketones is 1. The number of imidazole rings is 1. The molecule has 3 rings (SSSR count). The van der Waals surface area contributed by atoms with E-state index in [1.165, 1.54) is 17.2 Å². The van der Waals surface area contributed by atoms with Crippen molar-refractivity contribution in [3.05, 3.63) is 12.7 Å². The number of rotatable bonds is 3. The van der Waals surface area contributed by atoms with Crippen LogP contribution in [0.15, 0.2) is 12.7 Å². The first kappa shape index (κ1) is 14.8. The summed E-state index contributed by atoms with van der Waals surface area (Å²) in [5.74, 6) is -0.572. The van der Waals surface area contributed by atoms with Gasteiger partial charge >= 0.3 is 0 Å². The van der Waals surface area contributed by atoms with Crippen LogP contribution in [0.3, 0.4) is 0 Å². The molecule has 10 heteroatoms. The number of aliphatic hydroxyl groups excluding tert-OH is 2. The Balaban J connectivity index is 2.16. The molecule has 3 heterocycles. The summed E-state index contributed by atoms with van der Waals surface area (Å²) >= 11 is 0. The fourth-order valence-corrected chi connectivity index (χ4v) is 2.62. The second kappa shape index (κ2) is 4.95. The van der Waals surface area contributed by atoms with Crippen molar-refractivity contribution < 1.29 is 24.9 Å². The Morgan fingerprint density at radius 1 is 1.50 bits per heavy atom. The van der Waals surface area contributed by atoms with Crippen molar-refractivity contribution in [1.29, 1.82) is 0 Å². The summed E-state index contributed by atoms with van der Waals surface area (Å²) in [6, 6.07) is 0. The molecule has 0 saturated carbocycles. The number of hydrogen-bond acceptors (Lipinski definition) is 9. The highest BCUT2D eigenvalue weighted by Gasteiger charge is 2.59. The number of carbonyl (C=O) groups excluding carboxylic acids is 1. The number of carbonyl (C=O) groups is 1. The van der Waals surface area contributed by atoms with Gasteiger partial charge in [0.05, 0.1) is 12.9 Å². The van der Waals surface area contributed by atoms with Crippen LogP contribution in [0.5, 0.6) is 0 Å². The van der Waals surface area contributed by atoms with Gasteiger partial charge in [-0.2, -0.15) is 0 Å². The summed E-state index contributed by atoms with van der Waals surface area (Å²) in [7, 11) is 0. The number of hydrogen-bond donors (Lipinski definition) is 4. The number of fused-ring (bicyclic) bond motifs is 1. The third-order valence-electron chi connectivity index (χ3n) is 3.87. The van der Waals surface area contributed by atoms with Crippen LogP contribution in [0.4, 0.5) is 5.82 Å². The Kier molecular flexibility index (Phi) is 3.33. The molecule has 1 fully saturated rings. The van der Waals surface area contributed by atoms with Crippen LogP contribution in [0.2, 0.25) is 0 Å². The summed E-state index contributed by atoms with van der Waals surface area (Å²) in [6.45, 7) is 0.568. The molecule has 4 atom stereocenters. The maximum absolute atomic E-state index is 11.9. The molecule has 2 aromatic heterocycles. The van der Waals surface area contributed by atoms with Gasteiger partial charge in [-0.1, -0.05) is 0 Å². The molecule has 0 unspecified atom stereocenters. The Hall–Kier alpha value is -2.14. The largest absolute Gasteiger partial charge is 0.394 e. The number of nitrogens with zero attached hydrogens (tertiary/aromatic N) is 4. The maximum Gasteiger partial charge on any atom is 0.196 e. The van der Waals surface area contributed by atoms with E-state index in [9.17, 15) is 20.1 Å². The van der Waals surface area contributed by atoms with Gasteiger partial charge in [-0.3, -0.25) is 9.36 Å². The first-order valence-corrected chi connectivity index (χ1v) is 6.52. The third kappa shape index (κ3) is 1.82. The van der Waals surface area contributed by atoms with E-state index < -0.39 is 36.4 Å². The Morgan fingerprint density at radius 3 is 2.86 bits per heavy atom. The van der Waals surface area contributed by atoms with E-state index in [2.05, 4.69) is 15.0 Å². The van der Waals surface area contributed by atoms with Gasteiger partial charge in [0.2, 0.25) is 0 Å². The average Bonchev–Trinajstić information content (AvgIpc) is 3.01. The Labute approximate surface area is 124 Å². The number of ether oxygens (including phenoxy) is 1. The van der Waals surface area contributed by atoms with Crippen molar-refractivity contribution in [2.75, 3.05) is 12.3 Å². The topological polar surface area (TPSA) is 157 Å². The van der Waals surface area contributed by atoms with Crippen molar-refractivity contribution in [1.82, 2.24) is 19.5 Å². The lowest BCUT2D eigenvalue weighted by molar-refractivity contribution is -0.156. The molecule has 22 heavy (non-hydrogen) atoms. The predicted molar refractivity (Wildman–Crippen MR) is 72.4 cm³/mol. The van der Waals surface area contributed by atoms with Crippen LogP contribution >= 0.6 is 0 Å². The van der Waals surface area contributed by atoms with Crippen LogP contribution in [-0.2, 0) is 9.53 Å². The number of aromatic nitrogens is 4. The molecule has 10 nitrogen and oxygen atoms in total. The average molecular weight is 309 g/mol. The van der Waals surface area contributed by atoms with Crippen molar-refractivity contribution in [2.45, 2.75) is 31.0 Å². The molecule has 0 bridgehead atoms. The molecule has 0 aliphatic carbocycles. The second-order valence-corrected chi connectivity index (χ2v) is 5.12. The van der Waals surface area contributed by atoms with Crippen LogP contribution in [0.25, 0.3) is 11.2 Å². The Morgan fingerprint density at radius 2 is 2.23 bits per heavy atom. The quantitative estimate of drug-likeness (QED) is 0.502. The van der Waals surface area contributed by atoms with Gasteiger partial charge in [0.25, 0.3) is 0 Å². The van der Waals surface area contributed by atoms with Gasteiger partial charge in [0.1, 0.15) is 24.1 Å². The molecule has 118 valence electrons. The van der Waals surface area contributed by atoms with Crippen molar-refractivity contribution in [3.8, 4) is 0 Å². The van der Waals surface area contributed by atoms with E-state index >= 15 is 0 Å². The van der Waals surface area contributed by atoms with Gasteiger partial charge in [-0.25, -0.2) is 15.0 Å². The minimum atomic E-state index is -2.24. The Bertz CT molecular complexity index is 734. The molecular weight excluding hydrogens is 294 g/mol. The number of anilines is 1. The number of aliphatic hydroxyl groups is 3. The van der Waals surface area contributed by atoms with Crippen LogP contribution in [0, 0.1) is 0 Å². The van der Waals surface area contributed by atoms with Crippen molar-refractivity contribution in [3.63, 3.8) is 0 Å². The summed E-state index contributed by atoms with van der Waals surface area (Å²) < 4.78 is 6.73. The van der Waals surface area contributed by atoms with Gasteiger partial charge in [0, 0.05) is 0 Å². The minimum Gasteiger partial charge on any atom is -0.394 e. The third-order valence-corrected chi connectivity index (χ3v) is 3.87. The van der Waals surface area contributed by atoms with Gasteiger partial charge in [-0.15, -0.1) is 0 Å². The zero-order valence-corrected chi connectivity index (χ0v) is 11.6. The molecule has 1 saturated heterocycles. The second-order valence-electron chi connectivity index (χ2n) is 5.12. The van der Waals surface area contributed by atoms with Gasteiger partial charge in [-0.05, 0) is 6.92 Å². The van der Waals surface area contributed by atoms with Crippen molar-refractivity contribution in [2.24, 2.45) is 0 Å². The molecule has 0 radical (unpaired) electrons. The summed E-state index contributed by atoms with van der Waals surface area (Å²) in [5, 5.41) is 30.0. The molecule has 1 aliphatic rings. The van der Waals surface area contributed by atoms with E-state index in [4.69, 9.17) is 10.5 Å². The van der Waals surface area contributed by atoms with E-state index in [-0.39, 0.29) is 17.0 Å². The zero-order valence-electron chi connectivity index (χ0n) is 11.6. The van der Waals surface area contributed by atoms with Crippen LogP contribution in [-0.4, -0.2) is 65.0 Å². The molecular formula is C12H15N5O5. The normalized spacial score (nSPS) is 31.7. The summed E-state index contributed by atoms with van der Waals surface area (Å²) in [5.41, 5.74) is 3.97. The van der Waals surface area contributed by atoms with Gasteiger partial charge in [0.15, 0.2) is 29.1 Å². The van der Waals surface area contributed by atoms with E-state index in [1.807, 2.05) is 0 Å². The van der Waals surface area contributed by atoms with Crippen molar-refractivity contribution >= 4 is 22.8 Å². The van der Waals surface area contributed by atoms with E-state index in [0.717, 1.165) is 6.92 Å². The highest BCUT2D eigenvalue weighted by atomic mass is 16.6. The number of nitrogens with two attached hydrogens (primary N) is 1. The molecule has 1 aliphatic heterocycles. The summed E-state index contributed by atoms with van der Waals surface area (Å²) in [6.07, 6.45) is -1.51. The lowest BCUT2D eigenvalue weighted by Crippen LogP contribution is -2.52. The highest BCUT2D eigenvalue weighted by molar-refractivity contribution is 5.87. The highest BCUT2D eigenvalue weighted by Crippen LogP contribution is 2.40. The molecule has 0 aromatic carbocycles. The monoisotopic (exact) mass is 309 g/mol. The molecule has 5 N–H and O–H groups in total. The molecule has 0 spiro atoms. The van der Waals surface area contributed by atoms with Crippen LogP contribution < -0.4 is 5.73 Å². The summed E-state index contributed by atoms with van der Waals surface area (Å²) in [4.78, 5) is 23.7. The number of Topliss-reactive ketones (excluding diaryl/α,β-unsaturated/α-hetero) is 1. The fourth-order valence-electron chi connectivity index (χ4n) is 2.62. The lowest BCUT2D eigenvalue weighted by atomic mass is 9.90. The standard InChI is InChI=1S/C12H15N5O5/c1-5(19)12(21)8(20)6(2-18)22-11(12)17-4-16-7-9(13)14-3-15-10(7)17/h3-4,6,8,11,18,20-21H,2H2,1H3,(H2,13,14,15)/t6-,8-,11-,12+/m1/s1. The maximum atomic E-state index is 11.9. The van der Waals surface area contributed by atoms with E-state index in [1.54, 1.807) is 0 Å². The van der Waals surface area contributed by atoms with Crippen LogP contribution in [0.1, 0.15) is 13.2 Å². The molecule has 0 amide bonds. The first-order valence-electron chi connectivity index (χ1n) is 6.52. The first-order chi connectivity index (χ1) is 10.4. The fraction of sp³-hybridized carbons (Fsp3) is 0.500. The zero-order chi connectivity index (χ0) is 16.1. The predicted octanol–water partition coefficient (Wildman–Crippen LogP) is -2.02.